The van der Waals surface area contributed by atoms with Gasteiger partial charge in [-0.1, -0.05) is 0 Å². The number of hydrogen-bond donors (Lipinski definition) is 1. The third-order valence-corrected chi connectivity index (χ3v) is 5.73. The van der Waals surface area contributed by atoms with Crippen LogP contribution in [0.15, 0.2) is 23.1 Å². The second-order valence-corrected chi connectivity index (χ2v) is 7.29. The Morgan fingerprint density at radius 2 is 2.19 bits per heavy atom. The molecule has 0 spiro atoms. The number of nitrogens with zero attached hydrogens (tertiary/aromatic N) is 1. The number of carbonyl (C=O) groups is 1. The van der Waals surface area contributed by atoms with Gasteiger partial charge in [0.1, 0.15) is 5.82 Å². The molecule has 1 N–H and O–H groups in total. The summed E-state index contributed by atoms with van der Waals surface area (Å²) >= 11 is 0. The lowest BCUT2D eigenvalue weighted by molar-refractivity contribution is -0.138. The smallest absolute Gasteiger partial charge is 0.303 e. The van der Waals surface area contributed by atoms with Crippen LogP contribution in [0.4, 0.5) is 4.39 Å². The Morgan fingerprint density at radius 3 is 2.81 bits per heavy atom. The molecule has 1 heterocycles. The number of halogens is 1. The molecule has 116 valence electrons. The molecule has 7 heteroatoms. The molecule has 1 aromatic carbocycles. The summed E-state index contributed by atoms with van der Waals surface area (Å²) in [5.74, 6) is -1.57. The molecule has 1 fully saturated rings. The molecular formula is C14H18FNO4S. The molecule has 1 atom stereocenters. The van der Waals surface area contributed by atoms with Crippen molar-refractivity contribution in [2.24, 2.45) is 5.92 Å². The minimum absolute atomic E-state index is 0.0333. The van der Waals surface area contributed by atoms with E-state index in [1.54, 1.807) is 6.92 Å². The zero-order chi connectivity index (χ0) is 15.6. The highest BCUT2D eigenvalue weighted by Gasteiger charge is 2.31. The lowest BCUT2D eigenvalue weighted by atomic mass is 9.96. The van der Waals surface area contributed by atoms with Crippen molar-refractivity contribution in [2.75, 3.05) is 13.1 Å². The fraction of sp³-hybridized carbons (Fsp3) is 0.500. The van der Waals surface area contributed by atoms with Gasteiger partial charge < -0.3 is 5.11 Å². The van der Waals surface area contributed by atoms with Crippen molar-refractivity contribution in [1.82, 2.24) is 4.31 Å². The van der Waals surface area contributed by atoms with Crippen molar-refractivity contribution >= 4 is 16.0 Å². The normalized spacial score (nSPS) is 20.4. The van der Waals surface area contributed by atoms with E-state index in [4.69, 9.17) is 5.11 Å². The molecule has 0 aliphatic carbocycles. The van der Waals surface area contributed by atoms with Gasteiger partial charge >= 0.3 is 5.97 Å². The van der Waals surface area contributed by atoms with Gasteiger partial charge in [-0.25, -0.2) is 12.8 Å². The summed E-state index contributed by atoms with van der Waals surface area (Å²) in [6, 6.07) is 3.57. The van der Waals surface area contributed by atoms with Gasteiger partial charge in [-0.2, -0.15) is 4.31 Å². The molecule has 5 nitrogen and oxygen atoms in total. The van der Waals surface area contributed by atoms with E-state index in [2.05, 4.69) is 0 Å². The van der Waals surface area contributed by atoms with Crippen molar-refractivity contribution in [2.45, 2.75) is 31.1 Å². The number of hydrogen-bond acceptors (Lipinski definition) is 3. The average molecular weight is 315 g/mol. The minimum atomic E-state index is -3.70. The summed E-state index contributed by atoms with van der Waals surface area (Å²) < 4.78 is 39.6. The van der Waals surface area contributed by atoms with Crippen molar-refractivity contribution < 1.29 is 22.7 Å². The first kappa shape index (κ1) is 15.9. The van der Waals surface area contributed by atoms with Crippen LogP contribution in [0.5, 0.6) is 0 Å². The fourth-order valence-electron chi connectivity index (χ4n) is 2.70. The Kier molecular flexibility index (Phi) is 4.63. The zero-order valence-corrected chi connectivity index (χ0v) is 12.6. The monoisotopic (exact) mass is 315 g/mol. The van der Waals surface area contributed by atoms with Crippen LogP contribution in [-0.4, -0.2) is 36.9 Å². The van der Waals surface area contributed by atoms with Crippen LogP contribution in [0.3, 0.4) is 0 Å². The van der Waals surface area contributed by atoms with Crippen molar-refractivity contribution in [3.63, 3.8) is 0 Å². The summed E-state index contributed by atoms with van der Waals surface area (Å²) in [7, 11) is -3.70. The summed E-state index contributed by atoms with van der Waals surface area (Å²) in [5, 5.41) is 8.84. The Morgan fingerprint density at radius 1 is 1.48 bits per heavy atom. The molecule has 2 rings (SSSR count). The van der Waals surface area contributed by atoms with Crippen molar-refractivity contribution in [3.05, 3.63) is 29.6 Å². The van der Waals surface area contributed by atoms with E-state index in [0.717, 1.165) is 6.07 Å². The number of carboxylic acids is 1. The molecule has 0 bridgehead atoms. The van der Waals surface area contributed by atoms with Gasteiger partial charge in [0.05, 0.1) is 4.90 Å². The fourth-order valence-corrected chi connectivity index (χ4v) is 4.46. The van der Waals surface area contributed by atoms with Crippen LogP contribution in [0.2, 0.25) is 0 Å². The van der Waals surface area contributed by atoms with E-state index < -0.39 is 21.8 Å². The third-order valence-electron chi connectivity index (χ3n) is 3.70. The average Bonchev–Trinajstić information content (AvgIpc) is 2.37. The SMILES string of the molecule is Cc1cc(F)ccc1S(=O)(=O)N1CCCC(CC(=O)O)C1. The molecule has 0 saturated carbocycles. The first-order chi connectivity index (χ1) is 9.80. The topological polar surface area (TPSA) is 74.7 Å². The number of benzene rings is 1. The van der Waals surface area contributed by atoms with E-state index in [1.807, 2.05) is 0 Å². The number of aliphatic carboxylic acids is 1. The van der Waals surface area contributed by atoms with Gasteiger partial charge in [-0.15, -0.1) is 0 Å². The molecule has 1 saturated heterocycles. The summed E-state index contributed by atoms with van der Waals surface area (Å²) in [5.41, 5.74) is 0.357. The Bertz CT molecular complexity index is 644. The first-order valence-electron chi connectivity index (χ1n) is 6.79. The van der Waals surface area contributed by atoms with Crippen LogP contribution in [0.25, 0.3) is 0 Å². The van der Waals surface area contributed by atoms with Crippen LogP contribution in [-0.2, 0) is 14.8 Å². The maximum atomic E-state index is 13.1. The molecule has 0 amide bonds. The highest BCUT2D eigenvalue weighted by atomic mass is 32.2. The van der Waals surface area contributed by atoms with Crippen molar-refractivity contribution in [1.29, 1.82) is 0 Å². The van der Waals surface area contributed by atoms with E-state index >= 15 is 0 Å². The van der Waals surface area contributed by atoms with Gasteiger partial charge in [-0.3, -0.25) is 4.79 Å². The summed E-state index contributed by atoms with van der Waals surface area (Å²) in [4.78, 5) is 10.9. The first-order valence-corrected chi connectivity index (χ1v) is 8.23. The van der Waals surface area contributed by atoms with Crippen LogP contribution in [0, 0.1) is 18.7 Å². The molecule has 1 aliphatic rings. The number of sulfonamides is 1. The predicted molar refractivity (Wildman–Crippen MR) is 74.9 cm³/mol. The maximum absolute atomic E-state index is 13.1. The highest BCUT2D eigenvalue weighted by molar-refractivity contribution is 7.89. The lowest BCUT2D eigenvalue weighted by Gasteiger charge is -2.31. The van der Waals surface area contributed by atoms with Gasteiger partial charge in [0, 0.05) is 19.5 Å². The number of rotatable bonds is 4. The van der Waals surface area contributed by atoms with E-state index in [-0.39, 0.29) is 23.8 Å². The molecule has 0 radical (unpaired) electrons. The molecule has 0 aromatic heterocycles. The van der Waals surface area contributed by atoms with E-state index in [0.29, 0.717) is 24.9 Å². The number of carboxylic acid groups (broad SMARTS) is 1. The van der Waals surface area contributed by atoms with Gasteiger partial charge in [0.15, 0.2) is 0 Å². The molecule has 1 aromatic rings. The second-order valence-electron chi connectivity index (χ2n) is 5.38. The van der Waals surface area contributed by atoms with Crippen LogP contribution in [0.1, 0.15) is 24.8 Å². The molecule has 21 heavy (non-hydrogen) atoms. The predicted octanol–water partition coefficient (Wildman–Crippen LogP) is 2.01. The lowest BCUT2D eigenvalue weighted by Crippen LogP contribution is -2.40. The van der Waals surface area contributed by atoms with Gasteiger partial charge in [-0.05, 0) is 49.4 Å². The maximum Gasteiger partial charge on any atom is 0.303 e. The third kappa shape index (κ3) is 3.59. The summed E-state index contributed by atoms with van der Waals surface area (Å²) in [6.07, 6.45) is 1.31. The summed E-state index contributed by atoms with van der Waals surface area (Å²) in [6.45, 7) is 2.12. The van der Waals surface area contributed by atoms with E-state index in [1.165, 1.54) is 16.4 Å². The Labute approximate surface area is 123 Å². The van der Waals surface area contributed by atoms with Crippen molar-refractivity contribution in [3.8, 4) is 0 Å². The zero-order valence-electron chi connectivity index (χ0n) is 11.8. The van der Waals surface area contributed by atoms with Crippen LogP contribution < -0.4 is 0 Å². The second kappa shape index (κ2) is 6.11. The minimum Gasteiger partial charge on any atom is -0.481 e. The molecule has 1 unspecified atom stereocenters. The highest BCUT2D eigenvalue weighted by Crippen LogP contribution is 2.27. The number of piperidine rings is 1. The molecule has 1 aliphatic heterocycles. The largest absolute Gasteiger partial charge is 0.481 e. The van der Waals surface area contributed by atoms with Gasteiger partial charge in [0.2, 0.25) is 10.0 Å². The standard InChI is InChI=1S/C14H18FNO4S/c1-10-7-12(15)4-5-13(10)21(19,20)16-6-2-3-11(9-16)8-14(17)18/h4-5,7,11H,2-3,6,8-9H2,1H3,(H,17,18). The van der Waals surface area contributed by atoms with E-state index in [9.17, 15) is 17.6 Å². The van der Waals surface area contributed by atoms with Crippen LogP contribution >= 0.6 is 0 Å². The quantitative estimate of drug-likeness (QED) is 0.922. The van der Waals surface area contributed by atoms with Gasteiger partial charge in [0.25, 0.3) is 0 Å². The Hall–Kier alpha value is -1.47. The molecular weight excluding hydrogens is 297 g/mol. The Balaban J connectivity index is 2.24. The number of aryl methyl sites for hydroxylation is 1.